The number of rotatable bonds is 5. The maximum atomic E-state index is 9.78. The van der Waals surface area contributed by atoms with Crippen LogP contribution in [0, 0.1) is 0 Å². The van der Waals surface area contributed by atoms with Gasteiger partial charge in [-0.3, -0.25) is 0 Å². The number of aromatic hydroxyl groups is 2. The molecule has 132 valence electrons. The average molecular weight is 391 g/mol. The van der Waals surface area contributed by atoms with Crippen molar-refractivity contribution in [2.45, 2.75) is 0 Å². The van der Waals surface area contributed by atoms with Crippen LogP contribution in [0.3, 0.4) is 0 Å². The Morgan fingerprint density at radius 1 is 0.962 bits per heavy atom. The third kappa shape index (κ3) is 4.29. The number of anilines is 1. The van der Waals surface area contributed by atoms with Crippen molar-refractivity contribution in [2.75, 3.05) is 5.43 Å². The third-order valence-corrected chi connectivity index (χ3v) is 3.67. The second kappa shape index (κ2) is 7.85. The van der Waals surface area contributed by atoms with Crippen LogP contribution in [-0.4, -0.2) is 37.5 Å². The molecular formula is C16H12Cl2N6O2. The zero-order valence-corrected chi connectivity index (χ0v) is 14.6. The molecule has 0 amide bonds. The Balaban J connectivity index is 1.74. The molecule has 0 aliphatic rings. The largest absolute Gasteiger partial charge is 0.507 e. The fourth-order valence-corrected chi connectivity index (χ4v) is 2.29. The number of hydrazone groups is 1. The van der Waals surface area contributed by atoms with E-state index in [1.807, 2.05) is 0 Å². The molecule has 0 aliphatic carbocycles. The molecule has 1 heterocycles. The summed E-state index contributed by atoms with van der Waals surface area (Å²) in [6, 6.07) is 9.20. The Labute approximate surface area is 158 Å². The van der Waals surface area contributed by atoms with E-state index in [9.17, 15) is 10.2 Å². The lowest BCUT2D eigenvalue weighted by Gasteiger charge is -2.02. The Morgan fingerprint density at radius 3 is 2.23 bits per heavy atom. The van der Waals surface area contributed by atoms with E-state index in [1.165, 1.54) is 35.6 Å². The minimum Gasteiger partial charge on any atom is -0.507 e. The van der Waals surface area contributed by atoms with Crippen LogP contribution in [0.15, 0.2) is 52.9 Å². The molecule has 0 unspecified atom stereocenters. The second-order valence-corrected chi connectivity index (χ2v) is 5.89. The topological polar surface area (TPSA) is 108 Å². The number of nitrogens with one attached hydrogen (secondary N) is 1. The van der Waals surface area contributed by atoms with Gasteiger partial charge in [0.15, 0.2) is 0 Å². The molecule has 0 spiro atoms. The van der Waals surface area contributed by atoms with Crippen molar-refractivity contribution in [2.24, 2.45) is 10.2 Å². The highest BCUT2D eigenvalue weighted by molar-refractivity contribution is 6.31. The van der Waals surface area contributed by atoms with Gasteiger partial charge >= 0.3 is 0 Å². The minimum absolute atomic E-state index is 0.0372. The van der Waals surface area contributed by atoms with Crippen LogP contribution in [0.2, 0.25) is 10.0 Å². The number of hydrogen-bond donors (Lipinski definition) is 3. The lowest BCUT2D eigenvalue weighted by Crippen LogP contribution is -1.99. The zero-order valence-electron chi connectivity index (χ0n) is 13.1. The second-order valence-electron chi connectivity index (χ2n) is 5.02. The normalized spacial score (nSPS) is 11.5. The first-order chi connectivity index (χ1) is 12.5. The Bertz CT molecular complexity index is 987. The molecule has 0 atom stereocenters. The number of phenolic OH excluding ortho intramolecular Hbond substituents is 2. The molecule has 8 nitrogen and oxygen atoms in total. The zero-order chi connectivity index (χ0) is 18.5. The maximum Gasteiger partial charge on any atom is 0.265 e. The molecule has 10 heteroatoms. The van der Waals surface area contributed by atoms with Crippen LogP contribution in [-0.2, 0) is 0 Å². The van der Waals surface area contributed by atoms with E-state index >= 15 is 0 Å². The highest BCUT2D eigenvalue weighted by Crippen LogP contribution is 2.20. The van der Waals surface area contributed by atoms with E-state index in [1.54, 1.807) is 24.3 Å². The standard InChI is InChI=1S/C16H12Cl2N6O2/c17-12-1-3-14(25)10(5-12)7-19-22-16-23-20-9-24(16)21-8-11-6-13(18)2-4-15(11)26/h1-9,25-26H,(H,22,23). The number of phenols is 2. The molecule has 3 rings (SSSR count). The van der Waals surface area contributed by atoms with Gasteiger partial charge in [-0.2, -0.15) is 14.9 Å². The summed E-state index contributed by atoms with van der Waals surface area (Å²) in [4.78, 5) is 0. The van der Waals surface area contributed by atoms with E-state index < -0.39 is 0 Å². The molecule has 3 aromatic rings. The van der Waals surface area contributed by atoms with Gasteiger partial charge in [-0.15, -0.1) is 10.2 Å². The monoisotopic (exact) mass is 390 g/mol. The van der Waals surface area contributed by atoms with Gasteiger partial charge in [0.25, 0.3) is 5.95 Å². The number of hydrogen-bond acceptors (Lipinski definition) is 7. The van der Waals surface area contributed by atoms with Crippen LogP contribution in [0.4, 0.5) is 5.95 Å². The van der Waals surface area contributed by atoms with Gasteiger partial charge in [0.05, 0.1) is 12.4 Å². The molecule has 0 saturated heterocycles. The van der Waals surface area contributed by atoms with Gasteiger partial charge in [-0.05, 0) is 36.4 Å². The number of aromatic nitrogens is 3. The third-order valence-electron chi connectivity index (χ3n) is 3.20. The summed E-state index contributed by atoms with van der Waals surface area (Å²) in [6.45, 7) is 0. The van der Waals surface area contributed by atoms with Gasteiger partial charge in [0.2, 0.25) is 0 Å². The van der Waals surface area contributed by atoms with E-state index in [4.69, 9.17) is 23.2 Å². The average Bonchev–Trinajstić information content (AvgIpc) is 3.06. The predicted molar refractivity (Wildman–Crippen MR) is 100 cm³/mol. The molecule has 26 heavy (non-hydrogen) atoms. The molecule has 0 radical (unpaired) electrons. The van der Waals surface area contributed by atoms with Gasteiger partial charge in [-0.25, -0.2) is 5.43 Å². The van der Waals surface area contributed by atoms with E-state index in [2.05, 4.69) is 25.8 Å². The van der Waals surface area contributed by atoms with E-state index in [-0.39, 0.29) is 17.4 Å². The fourth-order valence-electron chi connectivity index (χ4n) is 1.93. The first-order valence-corrected chi connectivity index (χ1v) is 7.99. The molecule has 0 fully saturated rings. The summed E-state index contributed by atoms with van der Waals surface area (Å²) in [7, 11) is 0. The van der Waals surface area contributed by atoms with Gasteiger partial charge in [0.1, 0.15) is 17.8 Å². The van der Waals surface area contributed by atoms with Crippen molar-refractivity contribution < 1.29 is 10.2 Å². The van der Waals surface area contributed by atoms with Crippen LogP contribution in [0.25, 0.3) is 0 Å². The smallest absolute Gasteiger partial charge is 0.265 e. The Hall–Kier alpha value is -3.10. The molecule has 3 N–H and O–H groups in total. The highest BCUT2D eigenvalue weighted by atomic mass is 35.5. The fraction of sp³-hybridized carbons (Fsp3) is 0. The van der Waals surface area contributed by atoms with Gasteiger partial charge in [0, 0.05) is 21.2 Å². The van der Waals surface area contributed by atoms with Crippen LogP contribution >= 0.6 is 23.2 Å². The maximum absolute atomic E-state index is 9.78. The molecule has 0 saturated carbocycles. The molecule has 2 aromatic carbocycles. The van der Waals surface area contributed by atoms with Crippen LogP contribution < -0.4 is 5.43 Å². The first-order valence-electron chi connectivity index (χ1n) is 7.23. The quantitative estimate of drug-likeness (QED) is 0.457. The highest BCUT2D eigenvalue weighted by Gasteiger charge is 2.03. The summed E-state index contributed by atoms with van der Waals surface area (Å²) >= 11 is 11.8. The number of benzene rings is 2. The van der Waals surface area contributed by atoms with Crippen molar-refractivity contribution in [1.82, 2.24) is 14.9 Å². The first kappa shape index (κ1) is 17.7. The SMILES string of the molecule is Oc1ccc(Cl)cc1C=NNc1nncn1N=Cc1cc(Cl)ccc1O. The lowest BCUT2D eigenvalue weighted by molar-refractivity contribution is 0.474. The Morgan fingerprint density at radius 2 is 1.58 bits per heavy atom. The molecule has 1 aromatic heterocycles. The van der Waals surface area contributed by atoms with Crippen molar-refractivity contribution >= 4 is 41.6 Å². The van der Waals surface area contributed by atoms with Crippen LogP contribution in [0.5, 0.6) is 11.5 Å². The minimum atomic E-state index is 0.0372. The number of halogens is 2. The van der Waals surface area contributed by atoms with Crippen molar-refractivity contribution in [3.05, 3.63) is 63.9 Å². The van der Waals surface area contributed by atoms with Crippen molar-refractivity contribution in [3.8, 4) is 11.5 Å². The van der Waals surface area contributed by atoms with Crippen LogP contribution in [0.1, 0.15) is 11.1 Å². The van der Waals surface area contributed by atoms with E-state index in [0.29, 0.717) is 21.2 Å². The summed E-state index contributed by atoms with van der Waals surface area (Å²) in [6.07, 6.45) is 4.14. The van der Waals surface area contributed by atoms with Gasteiger partial charge in [-0.1, -0.05) is 23.2 Å². The summed E-state index contributed by atoms with van der Waals surface area (Å²) < 4.78 is 1.31. The molecule has 0 bridgehead atoms. The number of nitrogens with zero attached hydrogens (tertiary/aromatic N) is 5. The van der Waals surface area contributed by atoms with Crippen molar-refractivity contribution in [1.29, 1.82) is 0 Å². The Kier molecular flexibility index (Phi) is 5.35. The lowest BCUT2D eigenvalue weighted by atomic mass is 10.2. The predicted octanol–water partition coefficient (Wildman–Crippen LogP) is 3.32. The summed E-state index contributed by atoms with van der Waals surface area (Å²) in [5.41, 5.74) is 3.52. The van der Waals surface area contributed by atoms with Gasteiger partial charge < -0.3 is 10.2 Å². The van der Waals surface area contributed by atoms with E-state index in [0.717, 1.165) is 0 Å². The summed E-state index contributed by atoms with van der Waals surface area (Å²) in [5, 5.41) is 36.1. The summed E-state index contributed by atoms with van der Waals surface area (Å²) in [5.74, 6) is 0.298. The molecular weight excluding hydrogens is 379 g/mol. The van der Waals surface area contributed by atoms with Crippen molar-refractivity contribution in [3.63, 3.8) is 0 Å². The molecule has 0 aliphatic heterocycles.